The molecule has 0 unspecified atom stereocenters. The fraction of sp³-hybridized carbons (Fsp3) is 0.0909. The van der Waals surface area contributed by atoms with Crippen LogP contribution in [0.1, 0.15) is 17.0 Å². The Kier molecular flexibility index (Phi) is 5.12. The average Bonchev–Trinajstić information content (AvgIpc) is 3.08. The topological polar surface area (TPSA) is 138 Å². The number of nitrogen functional groups attached to an aromatic ring is 1. The van der Waals surface area contributed by atoms with Gasteiger partial charge >= 0.3 is 0 Å². The van der Waals surface area contributed by atoms with E-state index in [1.807, 2.05) is 36.4 Å². The van der Waals surface area contributed by atoms with Gasteiger partial charge in [0.2, 0.25) is 9.84 Å². The van der Waals surface area contributed by atoms with Gasteiger partial charge in [-0.3, -0.25) is 0 Å². The molecule has 2 heterocycles. The van der Waals surface area contributed by atoms with E-state index in [2.05, 4.69) is 9.97 Å². The number of benzene rings is 2. The number of anilines is 1. The van der Waals surface area contributed by atoms with Crippen molar-refractivity contribution in [2.24, 2.45) is 0 Å². The molecule has 0 atom stereocenters. The number of hydrogen-bond acceptors (Lipinski definition) is 7. The van der Waals surface area contributed by atoms with Crippen molar-refractivity contribution in [2.75, 3.05) is 5.73 Å². The summed E-state index contributed by atoms with van der Waals surface area (Å²) in [6.07, 6.45) is 0.559. The maximum atomic E-state index is 13.4. The van der Waals surface area contributed by atoms with E-state index in [-0.39, 0.29) is 38.2 Å². The third-order valence-corrected chi connectivity index (χ3v) is 6.71. The molecule has 4 rings (SSSR count). The Bertz CT molecular complexity index is 1460. The number of hydrogen-bond donors (Lipinski definition) is 1. The van der Waals surface area contributed by atoms with Crippen molar-refractivity contribution in [1.82, 2.24) is 14.5 Å². The Hall–Kier alpha value is -4.21. The van der Waals surface area contributed by atoms with Gasteiger partial charge in [-0.1, -0.05) is 48.5 Å². The van der Waals surface area contributed by atoms with Crippen LogP contribution in [-0.4, -0.2) is 23.0 Å². The molecule has 0 fully saturated rings. The quantitative estimate of drug-likeness (QED) is 0.515. The second-order valence-corrected chi connectivity index (χ2v) is 8.62. The Morgan fingerprint density at radius 2 is 1.48 bits per heavy atom. The molecule has 31 heavy (non-hydrogen) atoms. The third kappa shape index (κ3) is 3.48. The minimum absolute atomic E-state index is 0.0232. The lowest BCUT2D eigenvalue weighted by molar-refractivity contribution is 0.596. The van der Waals surface area contributed by atoms with Gasteiger partial charge in [0.1, 0.15) is 28.4 Å². The van der Waals surface area contributed by atoms with Crippen LogP contribution in [0.4, 0.5) is 5.82 Å². The van der Waals surface area contributed by atoms with E-state index in [1.54, 1.807) is 24.3 Å². The van der Waals surface area contributed by atoms with Crippen LogP contribution in [-0.2, 0) is 22.8 Å². The van der Waals surface area contributed by atoms with Crippen molar-refractivity contribution in [3.63, 3.8) is 0 Å². The number of sulfone groups is 1. The largest absolute Gasteiger partial charge is 0.384 e. The molecule has 0 saturated carbocycles. The smallest absolute Gasteiger partial charge is 0.212 e. The summed E-state index contributed by atoms with van der Waals surface area (Å²) in [6.45, 7) is 0.322. The van der Waals surface area contributed by atoms with Gasteiger partial charge in [0.05, 0.1) is 4.90 Å². The first-order chi connectivity index (χ1) is 15.0. The second-order valence-electron chi connectivity index (χ2n) is 6.73. The molecule has 2 aromatic heterocycles. The molecule has 2 N–H and O–H groups in total. The normalized spacial score (nSPS) is 11.2. The number of nitrogens with two attached hydrogens (primary N) is 1. The van der Waals surface area contributed by atoms with Crippen LogP contribution >= 0.6 is 0 Å². The predicted octanol–water partition coefficient (Wildman–Crippen LogP) is 2.83. The molecule has 152 valence electrons. The SMILES string of the molecule is N#Cc1nc2c(S(=O)(=O)c3ccccc3)c(N)n(CCc3ccccc3)c2nc1C#N. The van der Waals surface area contributed by atoms with Crippen LogP contribution in [0.3, 0.4) is 0 Å². The maximum absolute atomic E-state index is 13.4. The zero-order valence-corrected chi connectivity index (χ0v) is 17.0. The highest BCUT2D eigenvalue weighted by atomic mass is 32.2. The number of nitrogens with zero attached hydrogens (tertiary/aromatic N) is 5. The number of aryl methyl sites for hydroxylation is 2. The van der Waals surface area contributed by atoms with Crippen molar-refractivity contribution in [1.29, 1.82) is 10.5 Å². The highest BCUT2D eigenvalue weighted by Crippen LogP contribution is 2.34. The lowest BCUT2D eigenvalue weighted by Crippen LogP contribution is -2.09. The highest BCUT2D eigenvalue weighted by Gasteiger charge is 2.30. The minimum atomic E-state index is -4.04. The van der Waals surface area contributed by atoms with Gasteiger partial charge in [-0.25, -0.2) is 18.4 Å². The molecule has 8 nitrogen and oxygen atoms in total. The van der Waals surface area contributed by atoms with E-state index in [4.69, 9.17) is 5.73 Å². The van der Waals surface area contributed by atoms with Crippen molar-refractivity contribution in [3.8, 4) is 12.1 Å². The van der Waals surface area contributed by atoms with Crippen LogP contribution in [0.15, 0.2) is 70.5 Å². The molecular weight excluding hydrogens is 412 g/mol. The average molecular weight is 428 g/mol. The molecular formula is C22H16N6O2S. The van der Waals surface area contributed by atoms with Gasteiger partial charge in [0.25, 0.3) is 0 Å². The standard InChI is InChI=1S/C22H16N6O2S/c23-13-17-18(14-24)27-22-19(26-17)20(31(29,30)16-9-5-2-6-10-16)21(25)28(22)12-11-15-7-3-1-4-8-15/h1-10H,11-12,25H2. The summed E-state index contributed by atoms with van der Waals surface area (Å²) in [5.74, 6) is -0.0336. The van der Waals surface area contributed by atoms with Gasteiger partial charge in [-0.2, -0.15) is 10.5 Å². The van der Waals surface area contributed by atoms with Crippen molar-refractivity contribution in [2.45, 2.75) is 22.8 Å². The van der Waals surface area contributed by atoms with E-state index >= 15 is 0 Å². The van der Waals surface area contributed by atoms with Crippen LogP contribution in [0.2, 0.25) is 0 Å². The molecule has 0 aliphatic heterocycles. The monoisotopic (exact) mass is 428 g/mol. The van der Waals surface area contributed by atoms with Crippen LogP contribution < -0.4 is 5.73 Å². The van der Waals surface area contributed by atoms with Gasteiger partial charge in [-0.15, -0.1) is 0 Å². The van der Waals surface area contributed by atoms with E-state index in [0.717, 1.165) is 5.56 Å². The summed E-state index contributed by atoms with van der Waals surface area (Å²) in [7, 11) is -4.04. The molecule has 4 aromatic rings. The number of nitriles is 2. The minimum Gasteiger partial charge on any atom is -0.384 e. The first kappa shape index (κ1) is 20.1. The predicted molar refractivity (Wildman–Crippen MR) is 113 cm³/mol. The molecule has 0 bridgehead atoms. The second kappa shape index (κ2) is 7.90. The van der Waals surface area contributed by atoms with Gasteiger partial charge in [-0.05, 0) is 24.1 Å². The third-order valence-electron chi connectivity index (χ3n) is 4.87. The van der Waals surface area contributed by atoms with E-state index in [1.165, 1.54) is 16.7 Å². The Balaban J connectivity index is 1.97. The zero-order chi connectivity index (χ0) is 22.0. The van der Waals surface area contributed by atoms with Gasteiger partial charge in [0, 0.05) is 6.54 Å². The van der Waals surface area contributed by atoms with Crippen molar-refractivity contribution in [3.05, 3.63) is 77.6 Å². The van der Waals surface area contributed by atoms with Gasteiger partial charge in [0.15, 0.2) is 17.0 Å². The molecule has 0 aliphatic rings. The van der Waals surface area contributed by atoms with E-state index in [0.29, 0.717) is 13.0 Å². The molecule has 0 radical (unpaired) electrons. The first-order valence-electron chi connectivity index (χ1n) is 9.31. The fourth-order valence-corrected chi connectivity index (χ4v) is 4.90. The zero-order valence-electron chi connectivity index (χ0n) is 16.2. The van der Waals surface area contributed by atoms with Gasteiger partial charge < -0.3 is 10.3 Å². The number of rotatable bonds is 5. The number of aromatic nitrogens is 3. The summed E-state index contributed by atoms with van der Waals surface area (Å²) in [5, 5.41) is 18.7. The van der Waals surface area contributed by atoms with E-state index < -0.39 is 9.84 Å². The number of fused-ring (bicyclic) bond motifs is 1. The van der Waals surface area contributed by atoms with Crippen LogP contribution in [0.25, 0.3) is 11.2 Å². The molecule has 2 aromatic carbocycles. The lowest BCUT2D eigenvalue weighted by Gasteiger charge is -2.08. The summed E-state index contributed by atoms with van der Waals surface area (Å²) in [5.41, 5.74) is 7.05. The Labute approximate surface area is 178 Å². The fourth-order valence-electron chi connectivity index (χ4n) is 3.38. The van der Waals surface area contributed by atoms with Crippen molar-refractivity contribution < 1.29 is 8.42 Å². The molecule has 0 aliphatic carbocycles. The summed E-state index contributed by atoms with van der Waals surface area (Å²) in [6, 6.07) is 21.1. The van der Waals surface area contributed by atoms with Crippen LogP contribution in [0, 0.1) is 22.7 Å². The van der Waals surface area contributed by atoms with Crippen LogP contribution in [0.5, 0.6) is 0 Å². The molecule has 0 spiro atoms. The Morgan fingerprint density at radius 1 is 0.903 bits per heavy atom. The molecule has 9 heteroatoms. The molecule has 0 amide bonds. The first-order valence-corrected chi connectivity index (χ1v) is 10.8. The summed E-state index contributed by atoms with van der Waals surface area (Å²) >= 11 is 0. The molecule has 0 saturated heterocycles. The maximum Gasteiger partial charge on any atom is 0.212 e. The highest BCUT2D eigenvalue weighted by molar-refractivity contribution is 7.92. The Morgan fingerprint density at radius 3 is 2.10 bits per heavy atom. The summed E-state index contributed by atoms with van der Waals surface area (Å²) in [4.78, 5) is 8.24. The summed E-state index contributed by atoms with van der Waals surface area (Å²) < 4.78 is 28.3. The van der Waals surface area contributed by atoms with E-state index in [9.17, 15) is 18.9 Å². The lowest BCUT2D eigenvalue weighted by atomic mass is 10.1. The van der Waals surface area contributed by atoms with Crippen molar-refractivity contribution >= 4 is 26.8 Å².